The van der Waals surface area contributed by atoms with Gasteiger partial charge in [-0.1, -0.05) is 37.6 Å². The van der Waals surface area contributed by atoms with Crippen molar-refractivity contribution in [1.29, 1.82) is 0 Å². The van der Waals surface area contributed by atoms with E-state index in [0.717, 1.165) is 17.5 Å². The van der Waals surface area contributed by atoms with Crippen molar-refractivity contribution in [2.75, 3.05) is 0 Å². The molecule has 19 heavy (non-hydrogen) atoms. The smallest absolute Gasteiger partial charge is 0.121 e. The molecule has 0 radical (unpaired) electrons. The predicted molar refractivity (Wildman–Crippen MR) is 81.6 cm³/mol. The number of hydrogen-bond donors (Lipinski definition) is 1. The van der Waals surface area contributed by atoms with Crippen molar-refractivity contribution in [2.24, 2.45) is 0 Å². The average Bonchev–Trinajstić information content (AvgIpc) is 2.42. The van der Waals surface area contributed by atoms with Gasteiger partial charge in [0.2, 0.25) is 0 Å². The normalized spacial score (nSPS) is 10.7. The Morgan fingerprint density at radius 1 is 0.895 bits per heavy atom. The van der Waals surface area contributed by atoms with Crippen LogP contribution < -0.4 is 0 Å². The van der Waals surface area contributed by atoms with Crippen molar-refractivity contribution >= 4 is 0 Å². The zero-order valence-electron chi connectivity index (χ0n) is 12.0. The molecule has 1 heteroatoms. The second-order valence-corrected chi connectivity index (χ2v) is 5.26. The van der Waals surface area contributed by atoms with Gasteiger partial charge in [-0.3, -0.25) is 0 Å². The first kappa shape index (κ1) is 13.7. The summed E-state index contributed by atoms with van der Waals surface area (Å²) >= 11 is 0. The quantitative estimate of drug-likeness (QED) is 0.812. The summed E-state index contributed by atoms with van der Waals surface area (Å²) in [6.45, 7) is 6.11. The van der Waals surface area contributed by atoms with E-state index < -0.39 is 0 Å². The fourth-order valence-electron chi connectivity index (χ4n) is 2.37. The van der Waals surface area contributed by atoms with Gasteiger partial charge in [0, 0.05) is 0 Å². The Labute approximate surface area is 115 Å². The van der Waals surface area contributed by atoms with Crippen molar-refractivity contribution < 1.29 is 5.11 Å². The molecule has 0 saturated heterocycles. The zero-order chi connectivity index (χ0) is 13.8. The van der Waals surface area contributed by atoms with E-state index in [0.29, 0.717) is 5.75 Å². The van der Waals surface area contributed by atoms with Crippen LogP contribution in [0.5, 0.6) is 5.75 Å². The van der Waals surface area contributed by atoms with Crippen LogP contribution in [0, 0.1) is 13.8 Å². The van der Waals surface area contributed by atoms with Crippen LogP contribution in [-0.4, -0.2) is 5.11 Å². The van der Waals surface area contributed by atoms with E-state index >= 15 is 0 Å². The van der Waals surface area contributed by atoms with Crippen LogP contribution in [0.15, 0.2) is 36.4 Å². The minimum Gasteiger partial charge on any atom is -0.507 e. The van der Waals surface area contributed by atoms with Crippen molar-refractivity contribution in [2.45, 2.75) is 40.0 Å². The van der Waals surface area contributed by atoms with Gasteiger partial charge in [0.25, 0.3) is 0 Å². The number of rotatable bonds is 4. The molecular formula is C18H22O. The van der Waals surface area contributed by atoms with Crippen LogP contribution >= 0.6 is 0 Å². The van der Waals surface area contributed by atoms with Crippen molar-refractivity contribution in [3.63, 3.8) is 0 Å². The van der Waals surface area contributed by atoms with E-state index in [9.17, 15) is 5.11 Å². The molecule has 0 aromatic heterocycles. The lowest BCUT2D eigenvalue weighted by Crippen LogP contribution is -1.87. The van der Waals surface area contributed by atoms with Gasteiger partial charge < -0.3 is 5.11 Å². The molecule has 0 fully saturated rings. The molecule has 0 heterocycles. The van der Waals surface area contributed by atoms with E-state index in [4.69, 9.17) is 0 Å². The maximum atomic E-state index is 9.82. The van der Waals surface area contributed by atoms with Gasteiger partial charge in [-0.25, -0.2) is 0 Å². The molecule has 2 aromatic rings. The number of phenolic OH excluding ortho intramolecular Hbond substituents is 1. The number of benzene rings is 2. The number of unbranched alkanes of at least 4 members (excludes halogenated alkanes) is 1. The highest BCUT2D eigenvalue weighted by Crippen LogP contribution is 2.29. The average molecular weight is 254 g/mol. The van der Waals surface area contributed by atoms with Crippen molar-refractivity contribution in [1.82, 2.24) is 0 Å². The Kier molecular flexibility index (Phi) is 4.26. The standard InChI is InChI=1S/C18H22O/c1-4-5-6-15-7-9-16(10-8-15)17-11-13(2)18(19)14(3)12-17/h7-12,19H,4-6H2,1-3H3. The summed E-state index contributed by atoms with van der Waals surface area (Å²) < 4.78 is 0. The second-order valence-electron chi connectivity index (χ2n) is 5.26. The van der Waals surface area contributed by atoms with E-state index in [1.807, 2.05) is 26.0 Å². The van der Waals surface area contributed by atoms with Crippen LogP contribution in [0.3, 0.4) is 0 Å². The summed E-state index contributed by atoms with van der Waals surface area (Å²) in [5, 5.41) is 9.82. The minimum absolute atomic E-state index is 0.406. The second kappa shape index (κ2) is 5.92. The third kappa shape index (κ3) is 3.17. The molecule has 2 aromatic carbocycles. The van der Waals surface area contributed by atoms with Crippen molar-refractivity contribution in [3.8, 4) is 16.9 Å². The van der Waals surface area contributed by atoms with Gasteiger partial charge in [0.05, 0.1) is 0 Å². The highest BCUT2D eigenvalue weighted by molar-refractivity contribution is 5.67. The van der Waals surface area contributed by atoms with Gasteiger partial charge in [-0.2, -0.15) is 0 Å². The highest BCUT2D eigenvalue weighted by atomic mass is 16.3. The molecule has 2 rings (SSSR count). The molecule has 0 saturated carbocycles. The molecule has 0 bridgehead atoms. The number of phenols is 1. The third-order valence-electron chi connectivity index (χ3n) is 3.60. The minimum atomic E-state index is 0.406. The molecule has 1 N–H and O–H groups in total. The summed E-state index contributed by atoms with van der Waals surface area (Å²) in [4.78, 5) is 0. The molecule has 0 aliphatic heterocycles. The lowest BCUT2D eigenvalue weighted by atomic mass is 9.98. The van der Waals surface area contributed by atoms with Gasteiger partial charge in [-0.05, 0) is 66.6 Å². The first-order chi connectivity index (χ1) is 9.11. The zero-order valence-corrected chi connectivity index (χ0v) is 12.0. The van der Waals surface area contributed by atoms with Crippen LogP contribution in [0.1, 0.15) is 36.5 Å². The van der Waals surface area contributed by atoms with Gasteiger partial charge in [0.1, 0.15) is 5.75 Å². The Balaban J connectivity index is 2.27. The topological polar surface area (TPSA) is 20.2 Å². The summed E-state index contributed by atoms with van der Waals surface area (Å²) in [6, 6.07) is 12.9. The van der Waals surface area contributed by atoms with Gasteiger partial charge in [-0.15, -0.1) is 0 Å². The number of hydrogen-bond acceptors (Lipinski definition) is 1. The van der Waals surface area contributed by atoms with Gasteiger partial charge in [0.15, 0.2) is 0 Å². The first-order valence-corrected chi connectivity index (χ1v) is 7.01. The molecule has 100 valence electrons. The molecule has 0 aliphatic carbocycles. The Morgan fingerprint density at radius 3 is 2.00 bits per heavy atom. The Hall–Kier alpha value is -1.76. The van der Waals surface area contributed by atoms with Crippen LogP contribution in [0.2, 0.25) is 0 Å². The fourth-order valence-corrected chi connectivity index (χ4v) is 2.37. The molecule has 0 atom stereocenters. The third-order valence-corrected chi connectivity index (χ3v) is 3.60. The van der Waals surface area contributed by atoms with E-state index in [2.05, 4.69) is 31.2 Å². The lowest BCUT2D eigenvalue weighted by Gasteiger charge is -2.09. The molecular weight excluding hydrogens is 232 g/mol. The SMILES string of the molecule is CCCCc1ccc(-c2cc(C)c(O)c(C)c2)cc1. The van der Waals surface area contributed by atoms with E-state index in [-0.39, 0.29) is 0 Å². The van der Waals surface area contributed by atoms with Crippen molar-refractivity contribution in [3.05, 3.63) is 53.1 Å². The van der Waals surface area contributed by atoms with E-state index in [1.165, 1.54) is 29.5 Å². The monoisotopic (exact) mass is 254 g/mol. The van der Waals surface area contributed by atoms with Crippen LogP contribution in [0.4, 0.5) is 0 Å². The highest BCUT2D eigenvalue weighted by Gasteiger charge is 2.05. The summed E-state index contributed by atoms with van der Waals surface area (Å²) in [5.74, 6) is 0.406. The van der Waals surface area contributed by atoms with Crippen LogP contribution in [-0.2, 0) is 6.42 Å². The Morgan fingerprint density at radius 2 is 1.47 bits per heavy atom. The lowest BCUT2D eigenvalue weighted by molar-refractivity contribution is 0.467. The predicted octanol–water partition coefficient (Wildman–Crippen LogP) is 5.02. The maximum Gasteiger partial charge on any atom is 0.121 e. The summed E-state index contributed by atoms with van der Waals surface area (Å²) in [5.41, 5.74) is 5.66. The first-order valence-electron chi connectivity index (χ1n) is 7.01. The summed E-state index contributed by atoms with van der Waals surface area (Å²) in [6.07, 6.45) is 3.64. The fraction of sp³-hybridized carbons (Fsp3) is 0.333. The largest absolute Gasteiger partial charge is 0.507 e. The number of aryl methyl sites for hydroxylation is 3. The molecule has 0 unspecified atom stereocenters. The van der Waals surface area contributed by atoms with Gasteiger partial charge >= 0.3 is 0 Å². The molecule has 1 nitrogen and oxygen atoms in total. The summed E-state index contributed by atoms with van der Waals surface area (Å²) in [7, 11) is 0. The maximum absolute atomic E-state index is 9.82. The molecule has 0 spiro atoms. The Bertz CT molecular complexity index is 529. The molecule has 0 aliphatic rings. The molecule has 0 amide bonds. The van der Waals surface area contributed by atoms with E-state index in [1.54, 1.807) is 0 Å². The van der Waals surface area contributed by atoms with Crippen LogP contribution in [0.25, 0.3) is 11.1 Å². The number of aromatic hydroxyl groups is 1.